The van der Waals surface area contributed by atoms with E-state index in [9.17, 15) is 22.8 Å². The first-order valence-electron chi connectivity index (χ1n) is 8.71. The average Bonchev–Trinajstić information content (AvgIpc) is 3.22. The largest absolute Gasteiger partial charge is 0.497 e. The van der Waals surface area contributed by atoms with E-state index in [2.05, 4.69) is 5.32 Å². The Balaban J connectivity index is 1.70. The van der Waals surface area contributed by atoms with Gasteiger partial charge in [0.05, 0.1) is 19.1 Å². The van der Waals surface area contributed by atoms with Gasteiger partial charge in [0.15, 0.2) is 0 Å². The lowest BCUT2D eigenvalue weighted by Crippen LogP contribution is -2.52. The van der Waals surface area contributed by atoms with Gasteiger partial charge < -0.3 is 15.4 Å². The van der Waals surface area contributed by atoms with E-state index in [0.29, 0.717) is 12.2 Å². The molecule has 2 aliphatic carbocycles. The van der Waals surface area contributed by atoms with Crippen molar-refractivity contribution in [1.29, 1.82) is 0 Å². The van der Waals surface area contributed by atoms with Crippen LogP contribution in [0, 0.1) is 17.8 Å². The summed E-state index contributed by atoms with van der Waals surface area (Å²) in [6, 6.07) is 5.98. The Bertz CT molecular complexity index is 746. The van der Waals surface area contributed by atoms with Gasteiger partial charge in [-0.3, -0.25) is 9.59 Å². The van der Waals surface area contributed by atoms with E-state index in [-0.39, 0.29) is 23.8 Å². The van der Waals surface area contributed by atoms with Crippen LogP contribution in [0.4, 0.5) is 13.2 Å². The van der Waals surface area contributed by atoms with Crippen LogP contribution in [-0.4, -0.2) is 31.1 Å². The van der Waals surface area contributed by atoms with E-state index >= 15 is 0 Å². The normalized spacial score (nSPS) is 27.3. The smallest absolute Gasteiger partial charge is 0.471 e. The van der Waals surface area contributed by atoms with Crippen molar-refractivity contribution in [2.45, 2.75) is 31.6 Å². The third kappa shape index (κ3) is 3.94. The van der Waals surface area contributed by atoms with E-state index in [0.717, 1.165) is 5.56 Å². The summed E-state index contributed by atoms with van der Waals surface area (Å²) in [6.45, 7) is 1.80. The minimum absolute atomic E-state index is 0.170. The van der Waals surface area contributed by atoms with Crippen molar-refractivity contribution < 1.29 is 27.5 Å². The van der Waals surface area contributed by atoms with Crippen LogP contribution in [0.2, 0.25) is 0 Å². The highest BCUT2D eigenvalue weighted by Crippen LogP contribution is 2.44. The van der Waals surface area contributed by atoms with Crippen molar-refractivity contribution in [2.24, 2.45) is 17.8 Å². The van der Waals surface area contributed by atoms with Crippen molar-refractivity contribution in [1.82, 2.24) is 10.6 Å². The summed E-state index contributed by atoms with van der Waals surface area (Å²) in [5.74, 6) is -2.82. The summed E-state index contributed by atoms with van der Waals surface area (Å²) < 4.78 is 43.0. The Kier molecular flexibility index (Phi) is 5.17. The van der Waals surface area contributed by atoms with Crippen LogP contribution in [0.25, 0.3) is 0 Å². The van der Waals surface area contributed by atoms with Gasteiger partial charge in [0.25, 0.3) is 0 Å². The average molecular weight is 382 g/mol. The van der Waals surface area contributed by atoms with E-state index in [4.69, 9.17) is 4.74 Å². The van der Waals surface area contributed by atoms with Gasteiger partial charge in [-0.25, -0.2) is 0 Å². The molecular weight excluding hydrogens is 361 g/mol. The van der Waals surface area contributed by atoms with Crippen LogP contribution in [0.15, 0.2) is 36.4 Å². The monoisotopic (exact) mass is 382 g/mol. The van der Waals surface area contributed by atoms with Gasteiger partial charge in [-0.2, -0.15) is 13.2 Å². The summed E-state index contributed by atoms with van der Waals surface area (Å²) in [4.78, 5) is 24.1. The molecule has 0 saturated heterocycles. The zero-order valence-corrected chi connectivity index (χ0v) is 14.9. The molecule has 0 heterocycles. The Morgan fingerprint density at radius 1 is 1.15 bits per heavy atom. The zero-order valence-electron chi connectivity index (χ0n) is 14.9. The van der Waals surface area contributed by atoms with Crippen LogP contribution in [0.5, 0.6) is 5.75 Å². The van der Waals surface area contributed by atoms with E-state index in [1.165, 1.54) is 0 Å². The maximum atomic E-state index is 12.8. The highest BCUT2D eigenvalue weighted by atomic mass is 19.4. The second-order valence-electron chi connectivity index (χ2n) is 6.97. The van der Waals surface area contributed by atoms with Crippen LogP contribution in [0.3, 0.4) is 0 Å². The van der Waals surface area contributed by atoms with Gasteiger partial charge >= 0.3 is 12.1 Å². The van der Waals surface area contributed by atoms with Crippen LogP contribution >= 0.6 is 0 Å². The first-order valence-corrected chi connectivity index (χ1v) is 8.71. The number of hydrogen-bond donors (Lipinski definition) is 2. The number of rotatable bonds is 5. The van der Waals surface area contributed by atoms with E-state index in [1.807, 2.05) is 23.5 Å². The number of carbonyl (C=O) groups is 2. The van der Waals surface area contributed by atoms with Crippen molar-refractivity contribution in [3.05, 3.63) is 42.0 Å². The van der Waals surface area contributed by atoms with Crippen LogP contribution in [0.1, 0.15) is 24.9 Å². The highest BCUT2D eigenvalue weighted by molar-refractivity contribution is 5.85. The molecule has 5 atom stereocenters. The number of halogens is 3. The lowest BCUT2D eigenvalue weighted by atomic mass is 9.87. The molecule has 0 spiro atoms. The van der Waals surface area contributed by atoms with Gasteiger partial charge in [0.2, 0.25) is 5.91 Å². The number of methoxy groups -OCH3 is 1. The summed E-state index contributed by atoms with van der Waals surface area (Å²) >= 11 is 0. The Morgan fingerprint density at radius 3 is 2.37 bits per heavy atom. The van der Waals surface area contributed by atoms with Crippen LogP contribution < -0.4 is 15.4 Å². The molecule has 3 rings (SSSR count). The summed E-state index contributed by atoms with van der Waals surface area (Å²) in [7, 11) is 1.55. The Morgan fingerprint density at radius 2 is 1.78 bits per heavy atom. The number of fused-ring (bicyclic) bond motifs is 2. The quantitative estimate of drug-likeness (QED) is 0.770. The second-order valence-corrected chi connectivity index (χ2v) is 6.97. The maximum absolute atomic E-state index is 12.8. The number of amides is 2. The van der Waals surface area contributed by atoms with Gasteiger partial charge in [-0.1, -0.05) is 24.3 Å². The van der Waals surface area contributed by atoms with Crippen molar-refractivity contribution >= 4 is 11.8 Å². The predicted molar refractivity (Wildman–Crippen MR) is 91.8 cm³/mol. The number of ether oxygens (including phenoxy) is 1. The topological polar surface area (TPSA) is 67.4 Å². The highest BCUT2D eigenvalue weighted by Gasteiger charge is 2.51. The van der Waals surface area contributed by atoms with Crippen molar-refractivity contribution in [2.75, 3.05) is 7.11 Å². The molecule has 27 heavy (non-hydrogen) atoms. The minimum Gasteiger partial charge on any atom is -0.497 e. The zero-order chi connectivity index (χ0) is 19.8. The molecule has 1 aromatic carbocycles. The van der Waals surface area contributed by atoms with Gasteiger partial charge in [-0.05, 0) is 42.9 Å². The van der Waals surface area contributed by atoms with Gasteiger partial charge in [0.1, 0.15) is 5.75 Å². The molecule has 5 nitrogen and oxygen atoms in total. The summed E-state index contributed by atoms with van der Waals surface area (Å²) in [5, 5.41) is 4.87. The number of nitrogens with one attached hydrogen (secondary N) is 2. The molecule has 1 aromatic rings. The fourth-order valence-electron chi connectivity index (χ4n) is 3.90. The molecule has 0 aromatic heterocycles. The van der Waals surface area contributed by atoms with Gasteiger partial charge in [0, 0.05) is 6.04 Å². The van der Waals surface area contributed by atoms with E-state index < -0.39 is 24.0 Å². The number of alkyl halides is 3. The number of allylic oxidation sites excluding steroid dienone is 1. The molecule has 0 unspecified atom stereocenters. The maximum Gasteiger partial charge on any atom is 0.471 e. The molecule has 2 aliphatic rings. The Labute approximate surface area is 155 Å². The second kappa shape index (κ2) is 7.25. The standard InChI is InChI=1S/C19H21F3N2O3/c1-10(11-5-7-14(27-2)8-6-11)23-17(25)15-12-3-4-13(9-12)16(15)24-18(26)19(20,21)22/h3-8,10,12-13,15-16H,9H2,1-2H3,(H,23,25)(H,24,26)/t10-,12+,13+,15-,16+/m1/s1. The number of benzene rings is 1. The van der Waals surface area contributed by atoms with E-state index in [1.54, 1.807) is 32.2 Å². The first-order chi connectivity index (χ1) is 12.7. The fourth-order valence-corrected chi connectivity index (χ4v) is 3.90. The molecule has 146 valence electrons. The molecule has 0 aliphatic heterocycles. The summed E-state index contributed by atoms with van der Waals surface area (Å²) in [5.41, 5.74) is 0.846. The molecule has 1 saturated carbocycles. The predicted octanol–water partition coefficient (Wildman–Crippen LogP) is 2.74. The molecule has 2 N–H and O–H groups in total. The third-order valence-electron chi connectivity index (χ3n) is 5.29. The van der Waals surface area contributed by atoms with Crippen LogP contribution in [-0.2, 0) is 9.59 Å². The molecule has 2 bridgehead atoms. The van der Waals surface area contributed by atoms with Crippen molar-refractivity contribution in [3.8, 4) is 5.75 Å². The lowest BCUT2D eigenvalue weighted by Gasteiger charge is -2.29. The summed E-state index contributed by atoms with van der Waals surface area (Å²) in [6.07, 6.45) is -0.771. The fraction of sp³-hybridized carbons (Fsp3) is 0.474. The number of carbonyl (C=O) groups excluding carboxylic acids is 2. The lowest BCUT2D eigenvalue weighted by molar-refractivity contribution is -0.175. The first kappa shape index (κ1) is 19.3. The Hall–Kier alpha value is -2.51. The third-order valence-corrected chi connectivity index (χ3v) is 5.29. The molecule has 1 fully saturated rings. The van der Waals surface area contributed by atoms with Gasteiger partial charge in [-0.15, -0.1) is 0 Å². The van der Waals surface area contributed by atoms with Crippen molar-refractivity contribution in [3.63, 3.8) is 0 Å². The SMILES string of the molecule is COc1ccc([C@@H](C)NC(=O)[C@H]2[C@@H](NC(=O)C(F)(F)F)[C@H]3C=C[C@H]2C3)cc1. The minimum atomic E-state index is -4.97. The molecule has 8 heteroatoms. The molecule has 0 radical (unpaired) electrons. The number of hydrogen-bond acceptors (Lipinski definition) is 3. The molecular formula is C19H21F3N2O3. The molecule has 2 amide bonds.